The Morgan fingerprint density at radius 3 is 2.60 bits per heavy atom. The molecule has 0 radical (unpaired) electrons. The molecule has 1 aromatic rings. The molecule has 0 aliphatic carbocycles. The Balaban J connectivity index is 2.63. The van der Waals surface area contributed by atoms with E-state index in [4.69, 9.17) is 5.73 Å². The van der Waals surface area contributed by atoms with Crippen molar-refractivity contribution >= 4 is 17.2 Å². The number of aromatic nitrogens is 1. The Hall–Kier alpha value is -0.940. The number of hydrogen-bond donors (Lipinski definition) is 2. The Morgan fingerprint density at radius 1 is 1.50 bits per heavy atom. The minimum absolute atomic E-state index is 0.0307. The molecule has 1 heterocycles. The van der Waals surface area contributed by atoms with Gasteiger partial charge in [0.05, 0.1) is 12.0 Å². The fourth-order valence-corrected chi connectivity index (χ4v) is 2.96. The molecule has 0 fully saturated rings. The lowest BCUT2D eigenvalue weighted by molar-refractivity contribution is -0.126. The van der Waals surface area contributed by atoms with Gasteiger partial charge in [-0.25, -0.2) is 4.98 Å². The van der Waals surface area contributed by atoms with E-state index in [1.165, 1.54) is 4.88 Å². The summed E-state index contributed by atoms with van der Waals surface area (Å²) in [6.07, 6.45) is 3.66. The second-order valence-electron chi connectivity index (χ2n) is 6.45. The van der Waals surface area contributed by atoms with Gasteiger partial charge < -0.3 is 11.1 Å². The molecule has 0 bridgehead atoms. The van der Waals surface area contributed by atoms with Gasteiger partial charge in [0, 0.05) is 17.6 Å². The molecule has 1 aromatic heterocycles. The molecule has 2 atom stereocenters. The van der Waals surface area contributed by atoms with Gasteiger partial charge in [0.15, 0.2) is 0 Å². The number of carbonyl (C=O) groups excluding carboxylic acids is 1. The van der Waals surface area contributed by atoms with Crippen LogP contribution in [0.2, 0.25) is 0 Å². The number of nitrogens with two attached hydrogens (primary N) is 1. The first kappa shape index (κ1) is 17.1. The first-order chi connectivity index (χ1) is 9.26. The minimum atomic E-state index is -0.136. The van der Waals surface area contributed by atoms with Gasteiger partial charge in [-0.3, -0.25) is 4.79 Å². The van der Waals surface area contributed by atoms with Crippen molar-refractivity contribution in [3.63, 3.8) is 0 Å². The highest BCUT2D eigenvalue weighted by Crippen LogP contribution is 2.25. The largest absolute Gasteiger partial charge is 0.347 e. The van der Waals surface area contributed by atoms with E-state index >= 15 is 0 Å². The zero-order valence-electron chi connectivity index (χ0n) is 13.2. The minimum Gasteiger partial charge on any atom is -0.347 e. The van der Waals surface area contributed by atoms with Crippen LogP contribution in [-0.4, -0.2) is 17.4 Å². The predicted octanol–water partition coefficient (Wildman–Crippen LogP) is 2.89. The van der Waals surface area contributed by atoms with Crippen molar-refractivity contribution in [2.75, 3.05) is 6.54 Å². The highest BCUT2D eigenvalue weighted by molar-refractivity contribution is 7.11. The fourth-order valence-electron chi connectivity index (χ4n) is 2.10. The third-order valence-electron chi connectivity index (χ3n) is 3.16. The molecule has 5 heteroatoms. The highest BCUT2D eigenvalue weighted by atomic mass is 32.1. The van der Waals surface area contributed by atoms with Crippen molar-refractivity contribution in [2.24, 2.45) is 17.1 Å². The molecule has 0 aromatic carbocycles. The van der Waals surface area contributed by atoms with Crippen LogP contribution in [0.4, 0.5) is 0 Å². The summed E-state index contributed by atoms with van der Waals surface area (Å²) < 4.78 is 0. The normalized spacial score (nSPS) is 14.9. The number of aryl methyl sites for hydroxylation is 1. The van der Waals surface area contributed by atoms with E-state index in [2.05, 4.69) is 38.0 Å². The molecule has 0 aliphatic rings. The van der Waals surface area contributed by atoms with Crippen LogP contribution in [0.25, 0.3) is 0 Å². The molecule has 0 spiro atoms. The standard InChI is InChI=1S/C15H27N3OS/c1-6-12-9-17-14(20-12)10(2)18-13(19)11(8-16)7-15(3,4)5/h9-11H,6-8,16H2,1-5H3,(H,18,19). The zero-order chi connectivity index (χ0) is 15.3. The molecule has 2 unspecified atom stereocenters. The summed E-state index contributed by atoms with van der Waals surface area (Å²) in [6, 6.07) is -0.0539. The average molecular weight is 297 g/mol. The van der Waals surface area contributed by atoms with E-state index in [9.17, 15) is 4.79 Å². The smallest absolute Gasteiger partial charge is 0.224 e. The third-order valence-corrected chi connectivity index (χ3v) is 4.49. The second-order valence-corrected chi connectivity index (χ2v) is 7.59. The summed E-state index contributed by atoms with van der Waals surface area (Å²) >= 11 is 1.66. The second kappa shape index (κ2) is 7.18. The lowest BCUT2D eigenvalue weighted by Crippen LogP contribution is -2.38. The SMILES string of the molecule is CCc1cnc(C(C)NC(=O)C(CN)CC(C)(C)C)s1. The van der Waals surface area contributed by atoms with Crippen LogP contribution in [0.15, 0.2) is 6.20 Å². The van der Waals surface area contributed by atoms with Crippen LogP contribution in [0.1, 0.15) is 57.0 Å². The van der Waals surface area contributed by atoms with E-state index in [0.29, 0.717) is 6.54 Å². The number of rotatable bonds is 6. The van der Waals surface area contributed by atoms with Gasteiger partial charge in [0.25, 0.3) is 0 Å². The van der Waals surface area contributed by atoms with Crippen LogP contribution >= 0.6 is 11.3 Å². The summed E-state index contributed by atoms with van der Waals surface area (Å²) in [5.41, 5.74) is 5.85. The first-order valence-corrected chi connectivity index (χ1v) is 8.03. The van der Waals surface area contributed by atoms with E-state index in [0.717, 1.165) is 17.8 Å². The van der Waals surface area contributed by atoms with E-state index in [1.54, 1.807) is 11.3 Å². The van der Waals surface area contributed by atoms with Crippen LogP contribution in [0, 0.1) is 11.3 Å². The Labute approximate surface area is 126 Å². The first-order valence-electron chi connectivity index (χ1n) is 7.22. The Morgan fingerprint density at radius 2 is 2.15 bits per heavy atom. The van der Waals surface area contributed by atoms with Crippen LogP contribution in [0.3, 0.4) is 0 Å². The van der Waals surface area contributed by atoms with Crippen LogP contribution in [0.5, 0.6) is 0 Å². The molecule has 3 N–H and O–H groups in total. The number of nitrogens with zero attached hydrogens (tertiary/aromatic N) is 1. The van der Waals surface area contributed by atoms with Gasteiger partial charge in [-0.2, -0.15) is 0 Å². The highest BCUT2D eigenvalue weighted by Gasteiger charge is 2.25. The molecule has 1 rings (SSSR count). The maximum absolute atomic E-state index is 12.3. The van der Waals surface area contributed by atoms with Crippen molar-refractivity contribution < 1.29 is 4.79 Å². The molecule has 4 nitrogen and oxygen atoms in total. The average Bonchev–Trinajstić information content (AvgIpc) is 2.83. The van der Waals surface area contributed by atoms with E-state index in [-0.39, 0.29) is 23.3 Å². The quantitative estimate of drug-likeness (QED) is 0.848. The van der Waals surface area contributed by atoms with Gasteiger partial charge in [-0.05, 0) is 25.2 Å². The number of carbonyl (C=O) groups is 1. The summed E-state index contributed by atoms with van der Waals surface area (Å²) in [5.74, 6) is -0.105. The molecule has 0 saturated carbocycles. The van der Waals surface area contributed by atoms with Crippen molar-refractivity contribution in [2.45, 2.75) is 53.5 Å². The predicted molar refractivity (Wildman–Crippen MR) is 84.7 cm³/mol. The summed E-state index contributed by atoms with van der Waals surface area (Å²) in [5, 5.41) is 4.00. The fraction of sp³-hybridized carbons (Fsp3) is 0.733. The van der Waals surface area contributed by atoms with Crippen LogP contribution in [-0.2, 0) is 11.2 Å². The monoisotopic (exact) mass is 297 g/mol. The Kier molecular flexibility index (Phi) is 6.14. The number of nitrogens with one attached hydrogen (secondary N) is 1. The van der Waals surface area contributed by atoms with Gasteiger partial charge in [0.2, 0.25) is 5.91 Å². The maximum atomic E-state index is 12.3. The molecule has 114 valence electrons. The van der Waals surface area contributed by atoms with Crippen molar-refractivity contribution in [1.29, 1.82) is 0 Å². The molecule has 20 heavy (non-hydrogen) atoms. The van der Waals surface area contributed by atoms with Gasteiger partial charge in [-0.15, -0.1) is 11.3 Å². The summed E-state index contributed by atoms with van der Waals surface area (Å²) in [7, 11) is 0. The third kappa shape index (κ3) is 5.21. The topological polar surface area (TPSA) is 68.0 Å². The number of hydrogen-bond acceptors (Lipinski definition) is 4. The molecular weight excluding hydrogens is 270 g/mol. The number of thiazole rings is 1. The number of amides is 1. The summed E-state index contributed by atoms with van der Waals surface area (Å²) in [4.78, 5) is 17.9. The molecular formula is C15H27N3OS. The zero-order valence-corrected chi connectivity index (χ0v) is 14.0. The lowest BCUT2D eigenvalue weighted by Gasteiger charge is -2.25. The van der Waals surface area contributed by atoms with Crippen LogP contribution < -0.4 is 11.1 Å². The van der Waals surface area contributed by atoms with Gasteiger partial charge in [0.1, 0.15) is 5.01 Å². The summed E-state index contributed by atoms with van der Waals surface area (Å²) in [6.45, 7) is 10.8. The maximum Gasteiger partial charge on any atom is 0.224 e. The molecule has 0 aliphatic heterocycles. The molecule has 1 amide bonds. The van der Waals surface area contributed by atoms with Gasteiger partial charge >= 0.3 is 0 Å². The Bertz CT molecular complexity index is 437. The van der Waals surface area contributed by atoms with E-state index in [1.807, 2.05) is 13.1 Å². The lowest BCUT2D eigenvalue weighted by atomic mass is 9.84. The van der Waals surface area contributed by atoms with E-state index < -0.39 is 0 Å². The molecule has 0 saturated heterocycles. The van der Waals surface area contributed by atoms with Crippen molar-refractivity contribution in [3.05, 3.63) is 16.1 Å². The van der Waals surface area contributed by atoms with Gasteiger partial charge in [-0.1, -0.05) is 27.7 Å². The van der Waals surface area contributed by atoms with Crippen molar-refractivity contribution in [3.8, 4) is 0 Å². The van der Waals surface area contributed by atoms with Crippen molar-refractivity contribution in [1.82, 2.24) is 10.3 Å².